The Balaban J connectivity index is 3.49. The highest BCUT2D eigenvalue weighted by atomic mass is 16.6. The molecule has 0 saturated carbocycles. The fourth-order valence-electron chi connectivity index (χ4n) is 6.41. The normalized spacial score (nSPS) is 12.3. The summed E-state index contributed by atoms with van der Waals surface area (Å²) in [6.45, 7) is 4.12. The molecule has 0 saturated heterocycles. The summed E-state index contributed by atoms with van der Waals surface area (Å²) in [5.74, 6) is -0.596. The molecule has 0 spiro atoms. The fourth-order valence-corrected chi connectivity index (χ4v) is 6.41. The molecule has 0 radical (unpaired) electrons. The van der Waals surface area contributed by atoms with Crippen LogP contribution in [0.1, 0.15) is 232 Å². The molecule has 0 aromatic carbocycles. The second kappa shape index (κ2) is 41.8. The van der Waals surface area contributed by atoms with Gasteiger partial charge in [0.1, 0.15) is 6.61 Å². The molecule has 0 aliphatic rings. The van der Waals surface area contributed by atoms with Crippen molar-refractivity contribution in [1.29, 1.82) is 0 Å². The Morgan fingerprint density at radius 2 is 0.800 bits per heavy atom. The number of rotatable bonds is 40. The van der Waals surface area contributed by atoms with E-state index in [-0.39, 0.29) is 25.2 Å². The molecule has 0 aliphatic carbocycles. The van der Waals surface area contributed by atoms with Gasteiger partial charge in [0, 0.05) is 12.8 Å². The molecular formula is C45H84O5. The van der Waals surface area contributed by atoms with Gasteiger partial charge >= 0.3 is 11.9 Å². The molecule has 0 bridgehead atoms. The van der Waals surface area contributed by atoms with Gasteiger partial charge in [0.05, 0.1) is 6.61 Å². The Hall–Kier alpha value is -1.62. The van der Waals surface area contributed by atoms with Crippen LogP contribution in [-0.2, 0) is 19.1 Å². The first-order valence-corrected chi connectivity index (χ1v) is 21.9. The van der Waals surface area contributed by atoms with Gasteiger partial charge in [0.25, 0.3) is 0 Å². The maximum atomic E-state index is 12.2. The van der Waals surface area contributed by atoms with E-state index in [4.69, 9.17) is 9.47 Å². The van der Waals surface area contributed by atoms with Crippen molar-refractivity contribution < 1.29 is 24.2 Å². The highest BCUT2D eigenvalue weighted by Gasteiger charge is 2.16. The van der Waals surface area contributed by atoms with Crippen LogP contribution >= 0.6 is 0 Å². The summed E-state index contributed by atoms with van der Waals surface area (Å²) in [7, 11) is 0. The van der Waals surface area contributed by atoms with Gasteiger partial charge in [0.2, 0.25) is 0 Å². The molecule has 0 aliphatic heterocycles. The Morgan fingerprint density at radius 1 is 0.460 bits per heavy atom. The zero-order valence-corrected chi connectivity index (χ0v) is 33.4. The van der Waals surface area contributed by atoms with Crippen molar-refractivity contribution in [2.75, 3.05) is 13.2 Å². The summed E-state index contributed by atoms with van der Waals surface area (Å²) in [5, 5.41) is 9.57. The van der Waals surface area contributed by atoms with Crippen LogP contribution in [0.25, 0.3) is 0 Å². The van der Waals surface area contributed by atoms with Crippen LogP contribution in [0.5, 0.6) is 0 Å². The highest BCUT2D eigenvalue weighted by Crippen LogP contribution is 2.16. The second-order valence-electron chi connectivity index (χ2n) is 14.8. The number of ether oxygens (including phenoxy) is 2. The number of carbonyl (C=O) groups excluding carboxylic acids is 2. The van der Waals surface area contributed by atoms with Gasteiger partial charge in [0.15, 0.2) is 6.10 Å². The van der Waals surface area contributed by atoms with Crippen molar-refractivity contribution in [1.82, 2.24) is 0 Å². The molecule has 5 heteroatoms. The van der Waals surface area contributed by atoms with Gasteiger partial charge in [-0.3, -0.25) is 9.59 Å². The molecule has 0 aromatic heterocycles. The quantitative estimate of drug-likeness (QED) is 0.0390. The first-order chi connectivity index (χ1) is 24.6. The number of unbranched alkanes of at least 4 members (excludes halogenated alkanes) is 28. The number of esters is 2. The molecule has 0 aromatic rings. The van der Waals surface area contributed by atoms with E-state index in [2.05, 4.69) is 38.2 Å². The maximum Gasteiger partial charge on any atom is 0.306 e. The van der Waals surface area contributed by atoms with Crippen LogP contribution in [0.2, 0.25) is 0 Å². The van der Waals surface area contributed by atoms with Crippen LogP contribution < -0.4 is 0 Å². The van der Waals surface area contributed by atoms with E-state index in [1.807, 2.05) is 0 Å². The predicted octanol–water partition coefficient (Wildman–Crippen LogP) is 13.8. The van der Waals surface area contributed by atoms with Crippen LogP contribution in [0.3, 0.4) is 0 Å². The number of aliphatic hydroxyl groups is 1. The number of hydrogen-bond acceptors (Lipinski definition) is 5. The van der Waals surface area contributed by atoms with E-state index in [1.165, 1.54) is 154 Å². The van der Waals surface area contributed by atoms with Crippen LogP contribution in [0.4, 0.5) is 0 Å². The standard InChI is InChI=1S/C45H84O5/c1-3-5-7-9-11-13-15-17-19-20-21-22-23-24-26-27-29-31-33-35-37-39-44(47)49-42-43(41-46)50-45(48)40-38-36-34-32-30-28-25-18-16-14-12-10-8-6-4-2/h12,14,18,25,43,46H,3-11,13,15-17,19-24,26-42H2,1-2H3/b14-12-,25-18-/t43-/m0/s1. The molecule has 5 nitrogen and oxygen atoms in total. The molecule has 0 amide bonds. The van der Waals surface area contributed by atoms with Gasteiger partial charge in [-0.05, 0) is 44.9 Å². The second-order valence-corrected chi connectivity index (χ2v) is 14.8. The van der Waals surface area contributed by atoms with Gasteiger partial charge in [-0.2, -0.15) is 0 Å². The average molecular weight is 705 g/mol. The lowest BCUT2D eigenvalue weighted by Crippen LogP contribution is -2.28. The number of hydrogen-bond donors (Lipinski definition) is 1. The number of carbonyl (C=O) groups is 2. The van der Waals surface area contributed by atoms with E-state index in [0.717, 1.165) is 51.4 Å². The van der Waals surface area contributed by atoms with Crippen molar-refractivity contribution in [2.24, 2.45) is 0 Å². The molecule has 0 unspecified atom stereocenters. The van der Waals surface area contributed by atoms with E-state index in [1.54, 1.807) is 0 Å². The Kier molecular flexibility index (Phi) is 40.4. The third-order valence-electron chi connectivity index (χ3n) is 9.75. The number of aliphatic hydroxyl groups excluding tert-OH is 1. The van der Waals surface area contributed by atoms with Gasteiger partial charge < -0.3 is 14.6 Å². The minimum Gasteiger partial charge on any atom is -0.462 e. The zero-order valence-electron chi connectivity index (χ0n) is 33.4. The molecule has 0 heterocycles. The van der Waals surface area contributed by atoms with E-state index in [0.29, 0.717) is 12.8 Å². The molecule has 0 fully saturated rings. The SMILES string of the molecule is CCCCC/C=C\C/C=C\CCCCCCCC(=O)O[C@@H](CO)COC(=O)CCCCCCCCCCCCCCCCCCCCCCC. The van der Waals surface area contributed by atoms with Gasteiger partial charge in [-0.25, -0.2) is 0 Å². The van der Waals surface area contributed by atoms with Crippen molar-refractivity contribution in [3.8, 4) is 0 Å². The Morgan fingerprint density at radius 3 is 1.22 bits per heavy atom. The summed E-state index contributed by atoms with van der Waals surface area (Å²) in [5.41, 5.74) is 0. The maximum absolute atomic E-state index is 12.2. The van der Waals surface area contributed by atoms with Crippen LogP contribution in [-0.4, -0.2) is 36.4 Å². The van der Waals surface area contributed by atoms with Crippen molar-refractivity contribution in [3.05, 3.63) is 24.3 Å². The molecule has 50 heavy (non-hydrogen) atoms. The Bertz CT molecular complexity index is 761. The highest BCUT2D eigenvalue weighted by molar-refractivity contribution is 5.70. The lowest BCUT2D eigenvalue weighted by Gasteiger charge is -2.15. The van der Waals surface area contributed by atoms with Crippen molar-refractivity contribution >= 4 is 11.9 Å². The summed E-state index contributed by atoms with van der Waals surface area (Å²) in [6.07, 6.45) is 49.6. The summed E-state index contributed by atoms with van der Waals surface area (Å²) in [4.78, 5) is 24.3. The molecule has 1 N–H and O–H groups in total. The van der Waals surface area contributed by atoms with E-state index in [9.17, 15) is 14.7 Å². The third kappa shape index (κ3) is 39.2. The van der Waals surface area contributed by atoms with Crippen molar-refractivity contribution in [2.45, 2.75) is 238 Å². The lowest BCUT2D eigenvalue weighted by molar-refractivity contribution is -0.161. The minimum atomic E-state index is -0.774. The van der Waals surface area contributed by atoms with Crippen LogP contribution in [0.15, 0.2) is 24.3 Å². The molecular weight excluding hydrogens is 620 g/mol. The summed E-state index contributed by atoms with van der Waals surface area (Å²) in [6, 6.07) is 0. The molecule has 1 atom stereocenters. The first kappa shape index (κ1) is 48.4. The third-order valence-corrected chi connectivity index (χ3v) is 9.75. The van der Waals surface area contributed by atoms with Crippen LogP contribution in [0, 0.1) is 0 Å². The monoisotopic (exact) mass is 705 g/mol. The van der Waals surface area contributed by atoms with Crippen molar-refractivity contribution in [3.63, 3.8) is 0 Å². The lowest BCUT2D eigenvalue weighted by atomic mass is 10.0. The van der Waals surface area contributed by atoms with E-state index < -0.39 is 6.10 Å². The van der Waals surface area contributed by atoms with Gasteiger partial charge in [-0.1, -0.05) is 199 Å². The fraction of sp³-hybridized carbons (Fsp3) is 0.867. The van der Waals surface area contributed by atoms with Gasteiger partial charge in [-0.15, -0.1) is 0 Å². The Labute approximate surface area is 311 Å². The largest absolute Gasteiger partial charge is 0.462 e. The molecule has 0 rings (SSSR count). The predicted molar refractivity (Wildman–Crippen MR) is 215 cm³/mol. The topological polar surface area (TPSA) is 72.8 Å². The average Bonchev–Trinajstić information content (AvgIpc) is 3.12. The van der Waals surface area contributed by atoms with E-state index >= 15 is 0 Å². The smallest absolute Gasteiger partial charge is 0.306 e. The molecule has 294 valence electrons. The number of allylic oxidation sites excluding steroid dienone is 4. The first-order valence-electron chi connectivity index (χ1n) is 21.9. The summed E-state index contributed by atoms with van der Waals surface area (Å²) < 4.78 is 10.6. The summed E-state index contributed by atoms with van der Waals surface area (Å²) >= 11 is 0. The zero-order chi connectivity index (χ0) is 36.4. The minimum absolute atomic E-state index is 0.0670.